The molecule has 7 nitrogen and oxygen atoms in total. The summed E-state index contributed by atoms with van der Waals surface area (Å²) in [4.78, 5) is 12.4. The minimum atomic E-state index is -0.416. The molecular weight excluding hydrogens is 313 g/mol. The zero-order chi connectivity index (χ0) is 16.5. The van der Waals surface area contributed by atoms with E-state index in [4.69, 9.17) is 4.42 Å². The number of hydrogen-bond acceptors (Lipinski definition) is 5. The number of carbonyl (C=O) groups is 1. The first-order valence-electron chi connectivity index (χ1n) is 7.03. The van der Waals surface area contributed by atoms with E-state index in [1.807, 2.05) is 0 Å². The maximum absolute atomic E-state index is 13.2. The Morgan fingerprint density at radius 2 is 2.00 bits per heavy atom. The molecule has 4 rings (SSSR count). The molecule has 2 aromatic heterocycles. The largest absolute Gasteiger partial charge is 0.463 e. The number of halogens is 1. The van der Waals surface area contributed by atoms with Gasteiger partial charge in [0, 0.05) is 22.7 Å². The second-order valence-corrected chi connectivity index (χ2v) is 5.06. The van der Waals surface area contributed by atoms with E-state index in [9.17, 15) is 9.18 Å². The fourth-order valence-electron chi connectivity index (χ4n) is 2.36. The third-order valence-electron chi connectivity index (χ3n) is 3.53. The lowest BCUT2D eigenvalue weighted by molar-refractivity contribution is 0.102. The van der Waals surface area contributed by atoms with E-state index in [0.717, 1.165) is 5.56 Å². The molecule has 0 radical (unpaired) electrons. The van der Waals surface area contributed by atoms with Gasteiger partial charge in [-0.05, 0) is 41.6 Å². The molecule has 0 bridgehead atoms. The number of aromatic nitrogens is 4. The number of nitrogens with one attached hydrogen (secondary N) is 2. The van der Waals surface area contributed by atoms with Crippen molar-refractivity contribution in [1.29, 1.82) is 0 Å². The second-order valence-electron chi connectivity index (χ2n) is 5.06. The van der Waals surface area contributed by atoms with Crippen LogP contribution in [0.25, 0.3) is 22.4 Å². The molecule has 2 heterocycles. The first-order valence-corrected chi connectivity index (χ1v) is 7.03. The molecule has 1 amide bonds. The summed E-state index contributed by atoms with van der Waals surface area (Å²) in [6, 6.07) is 11.0. The van der Waals surface area contributed by atoms with Crippen molar-refractivity contribution >= 4 is 22.6 Å². The molecule has 0 saturated carbocycles. The van der Waals surface area contributed by atoms with Gasteiger partial charge in [-0.2, -0.15) is 5.21 Å². The Labute approximate surface area is 134 Å². The van der Waals surface area contributed by atoms with Gasteiger partial charge in [-0.25, -0.2) is 4.39 Å². The van der Waals surface area contributed by atoms with Crippen LogP contribution >= 0.6 is 0 Å². The molecule has 0 spiro atoms. The number of carbonyl (C=O) groups excluding carboxylic acids is 1. The molecule has 118 valence electrons. The molecule has 0 atom stereocenters. The van der Waals surface area contributed by atoms with Gasteiger partial charge >= 0.3 is 0 Å². The van der Waals surface area contributed by atoms with Gasteiger partial charge in [0.2, 0.25) is 5.82 Å². The zero-order valence-electron chi connectivity index (χ0n) is 12.2. The molecule has 0 unspecified atom stereocenters. The highest BCUT2D eigenvalue weighted by molar-refractivity contribution is 6.12. The number of amides is 1. The van der Waals surface area contributed by atoms with E-state index in [1.165, 1.54) is 24.5 Å². The highest BCUT2D eigenvalue weighted by Gasteiger charge is 2.14. The molecule has 0 saturated heterocycles. The van der Waals surface area contributed by atoms with E-state index in [0.29, 0.717) is 28.0 Å². The standard InChI is InChI=1S/C16H10FN5O2/c17-10-3-6-12-13(8-24-14(12)7-10)16(23)18-11-4-1-9(2-5-11)15-19-21-22-20-15/h1-8H,(H,18,23)(H,19,20,21,22). The number of benzene rings is 2. The summed E-state index contributed by atoms with van der Waals surface area (Å²) in [5.74, 6) is -0.288. The average Bonchev–Trinajstić information content (AvgIpc) is 3.24. The highest BCUT2D eigenvalue weighted by atomic mass is 19.1. The molecule has 4 aromatic rings. The Bertz CT molecular complexity index is 1010. The van der Waals surface area contributed by atoms with Crippen molar-refractivity contribution in [2.24, 2.45) is 0 Å². The summed E-state index contributed by atoms with van der Waals surface area (Å²) in [7, 11) is 0. The minimum absolute atomic E-state index is 0.326. The van der Waals surface area contributed by atoms with Crippen LogP contribution in [0, 0.1) is 5.82 Å². The number of rotatable bonds is 3. The lowest BCUT2D eigenvalue weighted by Crippen LogP contribution is -2.11. The number of nitrogens with zero attached hydrogens (tertiary/aromatic N) is 3. The maximum atomic E-state index is 13.2. The summed E-state index contributed by atoms with van der Waals surface area (Å²) in [5, 5.41) is 17.0. The molecule has 0 aliphatic heterocycles. The van der Waals surface area contributed by atoms with Crippen molar-refractivity contribution in [3.05, 3.63) is 60.1 Å². The fraction of sp³-hybridized carbons (Fsp3) is 0. The second kappa shape index (κ2) is 5.58. The molecule has 0 aliphatic carbocycles. The fourth-order valence-corrected chi connectivity index (χ4v) is 2.36. The number of aromatic amines is 1. The Kier molecular flexibility index (Phi) is 3.27. The summed E-state index contributed by atoms with van der Waals surface area (Å²) in [6.07, 6.45) is 1.31. The SMILES string of the molecule is O=C(Nc1ccc(-c2nn[nH]n2)cc1)c1coc2cc(F)ccc12. The first-order chi connectivity index (χ1) is 11.7. The van der Waals surface area contributed by atoms with Gasteiger partial charge in [0.1, 0.15) is 17.7 Å². The molecule has 2 N–H and O–H groups in total. The van der Waals surface area contributed by atoms with Gasteiger partial charge in [-0.3, -0.25) is 4.79 Å². The Morgan fingerprint density at radius 3 is 2.75 bits per heavy atom. The van der Waals surface area contributed by atoms with Gasteiger partial charge < -0.3 is 9.73 Å². The van der Waals surface area contributed by atoms with Crippen LogP contribution in [0.3, 0.4) is 0 Å². The third kappa shape index (κ3) is 2.50. The van der Waals surface area contributed by atoms with Crippen molar-refractivity contribution in [2.45, 2.75) is 0 Å². The zero-order valence-corrected chi connectivity index (χ0v) is 12.2. The molecule has 0 aliphatic rings. The van der Waals surface area contributed by atoms with Crippen molar-refractivity contribution in [1.82, 2.24) is 20.6 Å². The number of tetrazole rings is 1. The van der Waals surface area contributed by atoms with Gasteiger partial charge in [-0.15, -0.1) is 10.2 Å². The smallest absolute Gasteiger partial charge is 0.259 e. The van der Waals surface area contributed by atoms with Crippen LogP contribution < -0.4 is 5.32 Å². The van der Waals surface area contributed by atoms with Crippen LogP contribution in [0.2, 0.25) is 0 Å². The molecule has 24 heavy (non-hydrogen) atoms. The van der Waals surface area contributed by atoms with Gasteiger partial charge in [-0.1, -0.05) is 0 Å². The quantitative estimate of drug-likeness (QED) is 0.604. The van der Waals surface area contributed by atoms with E-state index in [-0.39, 0.29) is 5.91 Å². The van der Waals surface area contributed by atoms with Gasteiger partial charge in [0.15, 0.2) is 0 Å². The van der Waals surface area contributed by atoms with Crippen molar-refractivity contribution < 1.29 is 13.6 Å². The first kappa shape index (κ1) is 14.1. The summed E-state index contributed by atoms with van der Waals surface area (Å²) < 4.78 is 18.4. The van der Waals surface area contributed by atoms with E-state index in [2.05, 4.69) is 25.9 Å². The predicted molar refractivity (Wildman–Crippen MR) is 83.7 cm³/mol. The Hall–Kier alpha value is -3.55. The predicted octanol–water partition coefficient (Wildman–Crippen LogP) is 3.00. The van der Waals surface area contributed by atoms with Crippen LogP contribution in [-0.4, -0.2) is 26.5 Å². The third-order valence-corrected chi connectivity index (χ3v) is 3.53. The number of furan rings is 1. The highest BCUT2D eigenvalue weighted by Crippen LogP contribution is 2.23. The lowest BCUT2D eigenvalue weighted by Gasteiger charge is -2.04. The monoisotopic (exact) mass is 323 g/mol. The van der Waals surface area contributed by atoms with Gasteiger partial charge in [0.05, 0.1) is 5.56 Å². The minimum Gasteiger partial charge on any atom is -0.463 e. The van der Waals surface area contributed by atoms with E-state index >= 15 is 0 Å². The Morgan fingerprint density at radius 1 is 1.17 bits per heavy atom. The van der Waals surface area contributed by atoms with Crippen LogP contribution in [0.4, 0.5) is 10.1 Å². The summed E-state index contributed by atoms with van der Waals surface area (Å²) in [6.45, 7) is 0. The van der Waals surface area contributed by atoms with Crippen LogP contribution in [0.5, 0.6) is 0 Å². The number of fused-ring (bicyclic) bond motifs is 1. The molecule has 0 fully saturated rings. The lowest BCUT2D eigenvalue weighted by atomic mass is 10.1. The normalized spacial score (nSPS) is 10.9. The molecule has 8 heteroatoms. The molecule has 2 aromatic carbocycles. The number of hydrogen-bond donors (Lipinski definition) is 2. The molecular formula is C16H10FN5O2. The summed E-state index contributed by atoms with van der Waals surface area (Å²) in [5.41, 5.74) is 2.04. The maximum Gasteiger partial charge on any atom is 0.259 e. The van der Waals surface area contributed by atoms with Crippen LogP contribution in [0.1, 0.15) is 10.4 Å². The Balaban J connectivity index is 1.57. The van der Waals surface area contributed by atoms with Crippen LogP contribution in [0.15, 0.2) is 53.1 Å². The number of H-pyrrole nitrogens is 1. The van der Waals surface area contributed by atoms with Crippen molar-refractivity contribution in [2.75, 3.05) is 5.32 Å². The number of anilines is 1. The van der Waals surface area contributed by atoms with Crippen molar-refractivity contribution in [3.8, 4) is 11.4 Å². The topological polar surface area (TPSA) is 96.7 Å². The van der Waals surface area contributed by atoms with Crippen LogP contribution in [-0.2, 0) is 0 Å². The van der Waals surface area contributed by atoms with Gasteiger partial charge in [0.25, 0.3) is 5.91 Å². The summed E-state index contributed by atoms with van der Waals surface area (Å²) >= 11 is 0. The van der Waals surface area contributed by atoms with Crippen molar-refractivity contribution in [3.63, 3.8) is 0 Å². The van der Waals surface area contributed by atoms with E-state index < -0.39 is 5.82 Å². The average molecular weight is 323 g/mol. The van der Waals surface area contributed by atoms with E-state index in [1.54, 1.807) is 24.3 Å².